The fraction of sp³-hybridized carbons (Fsp3) is 0.351. The van der Waals surface area contributed by atoms with E-state index in [4.69, 9.17) is 11.5 Å². The highest BCUT2D eigenvalue weighted by atomic mass is 16.2. The number of carbonyl (C=O) groups excluding carboxylic acids is 5. The van der Waals surface area contributed by atoms with Gasteiger partial charge in [-0.3, -0.25) is 24.0 Å². The molecule has 1 atom stereocenters. The van der Waals surface area contributed by atoms with Gasteiger partial charge in [-0.25, -0.2) is 0 Å². The molecule has 278 valence electrons. The molecule has 1 fully saturated rings. The van der Waals surface area contributed by atoms with Crippen molar-refractivity contribution in [2.24, 2.45) is 23.3 Å². The summed E-state index contributed by atoms with van der Waals surface area (Å²) in [7, 11) is 0. The molecule has 0 radical (unpaired) electrons. The Morgan fingerprint density at radius 1 is 0.792 bits per heavy atom. The number of rotatable bonds is 15. The van der Waals surface area contributed by atoms with Gasteiger partial charge in [-0.2, -0.15) is 5.21 Å². The van der Waals surface area contributed by atoms with Gasteiger partial charge >= 0.3 is 0 Å². The standard InChI is InChI=1S/C37H45N11O5/c1-22-16-29(42-34(51)21-41-33(50)20-40-32(49)19-39)14-15-30(22)25-6-2-23(3-7-25)17-31(44-36(52)27-8-4-24(18-38)5-9-27)37(53)43-28-12-10-26(11-13-28)35-45-47-48-46-35/h2-3,6-7,10-16,24,27,31H,4-5,8-9,17-21,38-39H2,1H3,(H,40,49)(H,41,50)(H,42,51)(H,43,53)(H,44,52)(H,45,46,47,48)/t24?,27?,31-/m0/s1. The van der Waals surface area contributed by atoms with E-state index in [2.05, 4.69) is 47.2 Å². The molecule has 5 amide bonds. The number of anilines is 2. The number of nitrogens with zero attached hydrogens (tertiary/aromatic N) is 3. The Morgan fingerprint density at radius 2 is 1.45 bits per heavy atom. The number of hydrogen-bond donors (Lipinski definition) is 8. The van der Waals surface area contributed by atoms with E-state index in [1.165, 1.54) is 0 Å². The molecular weight excluding hydrogens is 678 g/mol. The van der Waals surface area contributed by atoms with E-state index in [1.807, 2.05) is 43.3 Å². The van der Waals surface area contributed by atoms with Crippen molar-refractivity contribution < 1.29 is 24.0 Å². The van der Waals surface area contributed by atoms with Gasteiger partial charge in [0.1, 0.15) is 6.04 Å². The molecule has 10 N–H and O–H groups in total. The first-order valence-electron chi connectivity index (χ1n) is 17.5. The molecule has 0 unspecified atom stereocenters. The van der Waals surface area contributed by atoms with Crippen LogP contribution in [0.1, 0.15) is 36.8 Å². The molecule has 16 heteroatoms. The summed E-state index contributed by atoms with van der Waals surface area (Å²) in [6.07, 6.45) is 3.54. The maximum absolute atomic E-state index is 13.7. The normalized spacial score (nSPS) is 15.8. The van der Waals surface area contributed by atoms with E-state index in [-0.39, 0.29) is 43.8 Å². The first-order chi connectivity index (χ1) is 25.6. The van der Waals surface area contributed by atoms with Crippen molar-refractivity contribution in [3.05, 3.63) is 77.9 Å². The molecule has 0 saturated heterocycles. The summed E-state index contributed by atoms with van der Waals surface area (Å²) in [5.74, 6) is -1.18. The number of hydrogen-bond acceptors (Lipinski definition) is 10. The molecule has 1 saturated carbocycles. The van der Waals surface area contributed by atoms with Crippen molar-refractivity contribution in [1.82, 2.24) is 36.6 Å². The van der Waals surface area contributed by atoms with Gasteiger partial charge in [0, 0.05) is 29.3 Å². The number of nitrogens with two attached hydrogens (primary N) is 2. The van der Waals surface area contributed by atoms with Crippen LogP contribution in [-0.2, 0) is 30.4 Å². The Labute approximate surface area is 306 Å². The lowest BCUT2D eigenvalue weighted by atomic mass is 9.81. The van der Waals surface area contributed by atoms with Crippen LogP contribution in [0.3, 0.4) is 0 Å². The largest absolute Gasteiger partial charge is 0.346 e. The number of carbonyl (C=O) groups is 5. The van der Waals surface area contributed by atoms with Crippen molar-refractivity contribution in [3.63, 3.8) is 0 Å². The van der Waals surface area contributed by atoms with Gasteiger partial charge in [-0.15, -0.1) is 10.2 Å². The van der Waals surface area contributed by atoms with Crippen molar-refractivity contribution in [2.45, 2.75) is 45.1 Å². The van der Waals surface area contributed by atoms with E-state index in [1.54, 1.807) is 30.3 Å². The molecule has 1 aromatic heterocycles. The zero-order valence-corrected chi connectivity index (χ0v) is 29.5. The van der Waals surface area contributed by atoms with Crippen LogP contribution < -0.4 is 38.1 Å². The predicted molar refractivity (Wildman–Crippen MR) is 199 cm³/mol. The molecule has 3 aromatic carbocycles. The van der Waals surface area contributed by atoms with Gasteiger partial charge in [0.25, 0.3) is 0 Å². The highest BCUT2D eigenvalue weighted by Gasteiger charge is 2.29. The smallest absolute Gasteiger partial charge is 0.247 e. The van der Waals surface area contributed by atoms with E-state index < -0.39 is 23.8 Å². The van der Waals surface area contributed by atoms with Gasteiger partial charge in [-0.05, 0) is 109 Å². The van der Waals surface area contributed by atoms with Crippen molar-refractivity contribution in [1.29, 1.82) is 0 Å². The summed E-state index contributed by atoms with van der Waals surface area (Å²) < 4.78 is 0. The predicted octanol–water partition coefficient (Wildman–Crippen LogP) is 1.40. The zero-order valence-electron chi connectivity index (χ0n) is 29.5. The molecular formula is C37H45N11O5. The second-order valence-corrected chi connectivity index (χ2v) is 13.1. The first-order valence-corrected chi connectivity index (χ1v) is 17.5. The Hall–Kier alpha value is -6.00. The Morgan fingerprint density at radius 3 is 2.09 bits per heavy atom. The van der Waals surface area contributed by atoms with Gasteiger partial charge in [0.15, 0.2) is 0 Å². The Bertz CT molecular complexity index is 1870. The highest BCUT2D eigenvalue weighted by molar-refractivity contribution is 5.98. The highest BCUT2D eigenvalue weighted by Crippen LogP contribution is 2.29. The Kier molecular flexibility index (Phi) is 13.3. The van der Waals surface area contributed by atoms with Gasteiger partial charge in [-0.1, -0.05) is 30.3 Å². The average Bonchev–Trinajstić information content (AvgIpc) is 3.72. The van der Waals surface area contributed by atoms with Crippen LogP contribution >= 0.6 is 0 Å². The quantitative estimate of drug-likeness (QED) is 0.0875. The number of benzene rings is 3. The number of tetrazole rings is 1. The molecule has 5 rings (SSSR count). The van der Waals surface area contributed by atoms with Crippen molar-refractivity contribution >= 4 is 40.9 Å². The van der Waals surface area contributed by atoms with E-state index in [0.29, 0.717) is 29.7 Å². The summed E-state index contributed by atoms with van der Waals surface area (Å²) in [5.41, 5.74) is 16.5. The van der Waals surface area contributed by atoms with Crippen LogP contribution in [0.2, 0.25) is 0 Å². The number of nitrogens with one attached hydrogen (secondary N) is 6. The van der Waals surface area contributed by atoms with Crippen LogP contribution in [0.15, 0.2) is 66.7 Å². The monoisotopic (exact) mass is 723 g/mol. The minimum Gasteiger partial charge on any atom is -0.346 e. The third kappa shape index (κ3) is 11.0. The summed E-state index contributed by atoms with van der Waals surface area (Å²) in [5, 5.41) is 27.5. The third-order valence-electron chi connectivity index (χ3n) is 9.23. The summed E-state index contributed by atoms with van der Waals surface area (Å²) in [6, 6.07) is 19.5. The second-order valence-electron chi connectivity index (χ2n) is 13.1. The summed E-state index contributed by atoms with van der Waals surface area (Å²) in [6.45, 7) is 1.77. The van der Waals surface area contributed by atoms with Crippen molar-refractivity contribution in [3.8, 4) is 22.5 Å². The fourth-order valence-corrected chi connectivity index (χ4v) is 6.19. The lowest BCUT2D eigenvalue weighted by Gasteiger charge is -2.28. The van der Waals surface area contributed by atoms with E-state index in [9.17, 15) is 24.0 Å². The third-order valence-corrected chi connectivity index (χ3v) is 9.23. The fourth-order valence-electron chi connectivity index (χ4n) is 6.19. The zero-order chi connectivity index (χ0) is 37.7. The molecule has 1 aliphatic carbocycles. The van der Waals surface area contributed by atoms with E-state index in [0.717, 1.165) is 53.5 Å². The van der Waals surface area contributed by atoms with Crippen LogP contribution in [0.5, 0.6) is 0 Å². The maximum Gasteiger partial charge on any atom is 0.247 e. The minimum atomic E-state index is -0.823. The van der Waals surface area contributed by atoms with Gasteiger partial charge in [0.05, 0.1) is 19.6 Å². The van der Waals surface area contributed by atoms with Crippen LogP contribution in [0.25, 0.3) is 22.5 Å². The molecule has 0 spiro atoms. The SMILES string of the molecule is Cc1cc(NC(=O)CNC(=O)CNC(=O)CN)ccc1-c1ccc(C[C@H](NC(=O)C2CCC(CN)CC2)C(=O)Nc2ccc(-c3nn[nH]n3)cc2)cc1. The van der Waals surface area contributed by atoms with Gasteiger partial charge < -0.3 is 38.1 Å². The number of aryl methyl sites for hydroxylation is 1. The number of H-pyrrole nitrogens is 1. The van der Waals surface area contributed by atoms with Crippen molar-refractivity contribution in [2.75, 3.05) is 36.8 Å². The molecule has 16 nitrogen and oxygen atoms in total. The summed E-state index contributed by atoms with van der Waals surface area (Å²) in [4.78, 5) is 62.5. The summed E-state index contributed by atoms with van der Waals surface area (Å²) >= 11 is 0. The lowest BCUT2D eigenvalue weighted by molar-refractivity contribution is -0.130. The molecule has 1 heterocycles. The number of aromatic nitrogens is 4. The molecule has 53 heavy (non-hydrogen) atoms. The van der Waals surface area contributed by atoms with Crippen LogP contribution in [0.4, 0.5) is 11.4 Å². The lowest BCUT2D eigenvalue weighted by Crippen LogP contribution is -2.48. The Balaban J connectivity index is 1.22. The average molecular weight is 724 g/mol. The maximum atomic E-state index is 13.7. The first kappa shape index (κ1) is 38.2. The topological polar surface area (TPSA) is 252 Å². The van der Waals surface area contributed by atoms with Gasteiger partial charge in [0.2, 0.25) is 35.4 Å². The van der Waals surface area contributed by atoms with E-state index >= 15 is 0 Å². The number of aromatic amines is 1. The van der Waals surface area contributed by atoms with Crippen LogP contribution in [-0.4, -0.2) is 82.4 Å². The minimum absolute atomic E-state index is 0.133. The molecule has 0 bridgehead atoms. The number of amides is 5. The molecule has 4 aromatic rings. The van der Waals surface area contributed by atoms with Crippen LogP contribution in [0, 0.1) is 18.8 Å². The molecule has 1 aliphatic rings. The second kappa shape index (κ2) is 18.5. The molecule has 0 aliphatic heterocycles.